The number of aryl methyl sites for hydroxylation is 1. The summed E-state index contributed by atoms with van der Waals surface area (Å²) in [5, 5.41) is 2.98. The number of carbonyl (C=O) groups is 2. The molecule has 2 aliphatic heterocycles. The van der Waals surface area contributed by atoms with E-state index in [9.17, 15) is 9.59 Å². The number of amides is 2. The second-order valence-corrected chi connectivity index (χ2v) is 9.40. The van der Waals surface area contributed by atoms with Crippen LogP contribution in [0.2, 0.25) is 0 Å². The minimum atomic E-state index is -0.128. The maximum Gasteiger partial charge on any atom is 0.231 e. The number of rotatable bonds is 6. The molecule has 8 nitrogen and oxygen atoms in total. The molecule has 0 bridgehead atoms. The van der Waals surface area contributed by atoms with E-state index in [0.29, 0.717) is 56.0 Å². The van der Waals surface area contributed by atoms with Gasteiger partial charge in [-0.15, -0.1) is 0 Å². The number of fused-ring (bicyclic) bond motifs is 2. The number of nitrogens with one attached hydrogen (secondary N) is 1. The zero-order valence-electron chi connectivity index (χ0n) is 20.4. The number of benzene rings is 3. The van der Waals surface area contributed by atoms with E-state index in [2.05, 4.69) is 28.1 Å². The molecule has 37 heavy (non-hydrogen) atoms. The van der Waals surface area contributed by atoms with E-state index >= 15 is 0 Å². The summed E-state index contributed by atoms with van der Waals surface area (Å²) in [6, 6.07) is 23.5. The van der Waals surface area contributed by atoms with Crippen molar-refractivity contribution in [3.8, 4) is 17.2 Å². The number of hydrogen-bond donors (Lipinski definition) is 1. The van der Waals surface area contributed by atoms with Gasteiger partial charge < -0.3 is 19.7 Å². The van der Waals surface area contributed by atoms with Gasteiger partial charge in [0.15, 0.2) is 11.5 Å². The molecule has 2 amide bonds. The van der Waals surface area contributed by atoms with Crippen LogP contribution in [0.4, 0.5) is 5.69 Å². The lowest BCUT2D eigenvalue weighted by atomic mass is 9.95. The van der Waals surface area contributed by atoms with Crippen molar-refractivity contribution in [2.45, 2.75) is 25.7 Å². The van der Waals surface area contributed by atoms with E-state index in [4.69, 9.17) is 14.5 Å². The lowest BCUT2D eigenvalue weighted by Gasteiger charge is -2.31. The Balaban J connectivity index is 1.06. The first-order valence-corrected chi connectivity index (χ1v) is 12.7. The van der Waals surface area contributed by atoms with Crippen molar-refractivity contribution in [2.24, 2.45) is 5.92 Å². The smallest absolute Gasteiger partial charge is 0.231 e. The summed E-state index contributed by atoms with van der Waals surface area (Å²) < 4.78 is 12.8. The molecule has 1 saturated heterocycles. The summed E-state index contributed by atoms with van der Waals surface area (Å²) >= 11 is 0. The lowest BCUT2D eigenvalue weighted by molar-refractivity contribution is -0.134. The summed E-state index contributed by atoms with van der Waals surface area (Å²) in [6.07, 6.45) is 2.21. The van der Waals surface area contributed by atoms with Crippen LogP contribution in [0.5, 0.6) is 11.5 Å². The molecule has 0 atom stereocenters. The molecule has 0 unspecified atom stereocenters. The Hall–Kier alpha value is -4.33. The number of piperidine rings is 1. The number of aromatic nitrogens is 2. The van der Waals surface area contributed by atoms with Crippen LogP contribution in [0.25, 0.3) is 16.7 Å². The normalized spacial score (nSPS) is 15.2. The summed E-state index contributed by atoms with van der Waals surface area (Å²) in [5.74, 6) is 2.14. The number of ether oxygens (including phenoxy) is 2. The molecule has 6 rings (SSSR count). The highest BCUT2D eigenvalue weighted by Gasteiger charge is 2.28. The zero-order valence-corrected chi connectivity index (χ0v) is 20.4. The monoisotopic (exact) mass is 496 g/mol. The summed E-state index contributed by atoms with van der Waals surface area (Å²) in [6.45, 7) is 1.35. The van der Waals surface area contributed by atoms with Crippen LogP contribution in [0.15, 0.2) is 72.8 Å². The van der Waals surface area contributed by atoms with Gasteiger partial charge in [0, 0.05) is 49.3 Å². The van der Waals surface area contributed by atoms with Crippen molar-refractivity contribution in [1.82, 2.24) is 14.5 Å². The van der Waals surface area contributed by atoms with Gasteiger partial charge >= 0.3 is 0 Å². The van der Waals surface area contributed by atoms with Crippen LogP contribution in [-0.4, -0.2) is 46.1 Å². The van der Waals surface area contributed by atoms with E-state index in [0.717, 1.165) is 22.5 Å². The van der Waals surface area contributed by atoms with Gasteiger partial charge in [-0.05, 0) is 49.2 Å². The number of imidazole rings is 1. The first kappa shape index (κ1) is 23.1. The van der Waals surface area contributed by atoms with Crippen LogP contribution in [0.3, 0.4) is 0 Å². The predicted molar refractivity (Wildman–Crippen MR) is 140 cm³/mol. The van der Waals surface area contributed by atoms with E-state index in [1.165, 1.54) is 0 Å². The topological polar surface area (TPSA) is 85.7 Å². The second kappa shape index (κ2) is 9.97. The van der Waals surface area contributed by atoms with Crippen molar-refractivity contribution < 1.29 is 19.1 Å². The number of carbonyl (C=O) groups excluding carboxylic acids is 2. The Morgan fingerprint density at radius 3 is 2.51 bits per heavy atom. The summed E-state index contributed by atoms with van der Waals surface area (Å²) in [7, 11) is 0. The van der Waals surface area contributed by atoms with E-state index < -0.39 is 0 Å². The molecule has 8 heteroatoms. The van der Waals surface area contributed by atoms with Gasteiger partial charge in [-0.3, -0.25) is 14.2 Å². The highest BCUT2D eigenvalue weighted by atomic mass is 16.7. The molecule has 1 aromatic heterocycles. The maximum atomic E-state index is 13.1. The molecule has 188 valence electrons. The zero-order chi connectivity index (χ0) is 25.2. The van der Waals surface area contributed by atoms with Crippen LogP contribution in [0, 0.1) is 5.92 Å². The molecule has 3 aromatic carbocycles. The van der Waals surface area contributed by atoms with Gasteiger partial charge in [0.05, 0.1) is 11.0 Å². The average molecular weight is 497 g/mol. The second-order valence-electron chi connectivity index (χ2n) is 9.40. The summed E-state index contributed by atoms with van der Waals surface area (Å²) in [4.78, 5) is 32.6. The molecule has 0 saturated carbocycles. The molecule has 1 N–H and O–H groups in total. The quantitative estimate of drug-likeness (QED) is 0.423. The van der Waals surface area contributed by atoms with Crippen molar-refractivity contribution in [3.05, 3.63) is 78.6 Å². The fourth-order valence-electron chi connectivity index (χ4n) is 5.10. The molecular weight excluding hydrogens is 468 g/mol. The highest BCUT2D eigenvalue weighted by molar-refractivity contribution is 5.93. The van der Waals surface area contributed by atoms with E-state index in [1.54, 1.807) is 12.1 Å². The maximum absolute atomic E-state index is 13.1. The van der Waals surface area contributed by atoms with Gasteiger partial charge in [-0.1, -0.05) is 30.3 Å². The van der Waals surface area contributed by atoms with Gasteiger partial charge in [0.25, 0.3) is 0 Å². The number of hydrogen-bond acceptors (Lipinski definition) is 5. The molecule has 3 heterocycles. The molecule has 0 aliphatic carbocycles. The standard InChI is InChI=1S/C29H28N4O4/c34-28(13-12-27-31-23-8-4-5-9-24(23)33(27)22-6-2-1-3-7-22)32-16-14-20(15-17-32)29(35)30-21-10-11-25-26(18-21)37-19-36-25/h1-11,18,20H,12-17,19H2,(H,30,35). The van der Waals surface area contributed by atoms with Crippen LogP contribution < -0.4 is 14.8 Å². The van der Waals surface area contributed by atoms with Crippen molar-refractivity contribution in [3.63, 3.8) is 0 Å². The average Bonchev–Trinajstić information content (AvgIpc) is 3.56. The SMILES string of the molecule is O=C(Nc1ccc2c(c1)OCO2)C1CCN(C(=O)CCc2nc3ccccc3n2-c2ccccc2)CC1. The Morgan fingerprint density at radius 1 is 0.919 bits per heavy atom. The molecule has 0 spiro atoms. The fraction of sp³-hybridized carbons (Fsp3) is 0.276. The largest absolute Gasteiger partial charge is 0.454 e. The Labute approximate surface area is 214 Å². The Kier molecular flexibility index (Phi) is 6.22. The third-order valence-electron chi connectivity index (χ3n) is 7.07. The minimum Gasteiger partial charge on any atom is -0.454 e. The highest BCUT2D eigenvalue weighted by Crippen LogP contribution is 2.34. The molecule has 2 aliphatic rings. The van der Waals surface area contributed by atoms with E-state index in [1.807, 2.05) is 47.4 Å². The molecule has 4 aromatic rings. The molecular formula is C29H28N4O4. The molecule has 0 radical (unpaired) electrons. The molecule has 1 fully saturated rings. The minimum absolute atomic E-state index is 0.0254. The van der Waals surface area contributed by atoms with Crippen LogP contribution in [-0.2, 0) is 16.0 Å². The lowest BCUT2D eigenvalue weighted by Crippen LogP contribution is -2.41. The van der Waals surface area contributed by atoms with Crippen LogP contribution >= 0.6 is 0 Å². The number of nitrogens with zero attached hydrogens (tertiary/aromatic N) is 3. The third kappa shape index (κ3) is 4.74. The first-order valence-electron chi connectivity index (χ1n) is 12.7. The number of likely N-dealkylation sites (tertiary alicyclic amines) is 1. The van der Waals surface area contributed by atoms with Crippen molar-refractivity contribution in [1.29, 1.82) is 0 Å². The van der Waals surface area contributed by atoms with Crippen molar-refractivity contribution in [2.75, 3.05) is 25.2 Å². The van der Waals surface area contributed by atoms with Gasteiger partial charge in [0.1, 0.15) is 5.82 Å². The third-order valence-corrected chi connectivity index (χ3v) is 7.07. The predicted octanol–water partition coefficient (Wildman–Crippen LogP) is 4.56. The fourth-order valence-corrected chi connectivity index (χ4v) is 5.10. The van der Waals surface area contributed by atoms with Crippen LogP contribution in [0.1, 0.15) is 25.1 Å². The Morgan fingerprint density at radius 2 is 1.68 bits per heavy atom. The van der Waals surface area contributed by atoms with E-state index in [-0.39, 0.29) is 24.5 Å². The number of para-hydroxylation sites is 3. The van der Waals surface area contributed by atoms with Gasteiger partial charge in [0.2, 0.25) is 18.6 Å². The first-order chi connectivity index (χ1) is 18.2. The van der Waals surface area contributed by atoms with Gasteiger partial charge in [-0.2, -0.15) is 0 Å². The van der Waals surface area contributed by atoms with Gasteiger partial charge in [-0.25, -0.2) is 4.98 Å². The number of anilines is 1. The Bertz CT molecular complexity index is 1440. The summed E-state index contributed by atoms with van der Waals surface area (Å²) in [5.41, 5.74) is 3.68. The van der Waals surface area contributed by atoms with Crippen molar-refractivity contribution >= 4 is 28.5 Å².